The zero-order valence-electron chi connectivity index (χ0n) is 10.0. The van der Waals surface area contributed by atoms with Crippen molar-refractivity contribution in [1.29, 1.82) is 0 Å². The molecule has 4 heteroatoms. The highest BCUT2D eigenvalue weighted by atomic mass is 16.2. The number of nitrogens with zero attached hydrogens (tertiary/aromatic N) is 1. The van der Waals surface area contributed by atoms with Gasteiger partial charge in [0.05, 0.1) is 5.57 Å². The molecule has 1 rings (SSSR count). The van der Waals surface area contributed by atoms with Gasteiger partial charge in [0, 0.05) is 13.6 Å². The standard InChI is InChI=1S/C13H16N2O2/c1-3-15(14-2)13(17)12(10-16)9-11-7-5-4-6-8-11/h4-10,14H,3H2,1-2H3. The molecular weight excluding hydrogens is 216 g/mol. The summed E-state index contributed by atoms with van der Waals surface area (Å²) in [7, 11) is 1.65. The molecule has 1 N–H and O–H groups in total. The van der Waals surface area contributed by atoms with E-state index in [1.54, 1.807) is 13.1 Å². The minimum atomic E-state index is -0.325. The highest BCUT2D eigenvalue weighted by Crippen LogP contribution is 2.07. The topological polar surface area (TPSA) is 49.4 Å². The normalized spacial score (nSPS) is 11.1. The highest BCUT2D eigenvalue weighted by molar-refractivity contribution is 6.14. The van der Waals surface area contributed by atoms with Crippen LogP contribution in [0.25, 0.3) is 6.08 Å². The van der Waals surface area contributed by atoms with Gasteiger partial charge in [-0.2, -0.15) is 0 Å². The lowest BCUT2D eigenvalue weighted by molar-refractivity contribution is -0.130. The average Bonchev–Trinajstić information content (AvgIpc) is 2.38. The van der Waals surface area contributed by atoms with E-state index in [0.717, 1.165) is 5.56 Å². The Morgan fingerprint density at radius 3 is 2.47 bits per heavy atom. The lowest BCUT2D eigenvalue weighted by atomic mass is 10.1. The number of carbonyl (C=O) groups excluding carboxylic acids is 2. The molecule has 0 heterocycles. The molecule has 90 valence electrons. The quantitative estimate of drug-likeness (QED) is 0.273. The first-order valence-electron chi connectivity index (χ1n) is 5.44. The monoisotopic (exact) mass is 232 g/mol. The van der Waals surface area contributed by atoms with Gasteiger partial charge in [-0.05, 0) is 18.6 Å². The van der Waals surface area contributed by atoms with E-state index in [2.05, 4.69) is 5.43 Å². The smallest absolute Gasteiger partial charge is 0.271 e. The number of carbonyl (C=O) groups is 2. The fourth-order valence-corrected chi connectivity index (χ4v) is 1.43. The number of amides is 1. The molecule has 0 radical (unpaired) electrons. The Morgan fingerprint density at radius 2 is 2.00 bits per heavy atom. The molecule has 0 atom stereocenters. The van der Waals surface area contributed by atoms with Crippen molar-refractivity contribution < 1.29 is 9.59 Å². The molecule has 1 amide bonds. The number of aldehydes is 1. The van der Waals surface area contributed by atoms with Crippen LogP contribution in [0.4, 0.5) is 0 Å². The van der Waals surface area contributed by atoms with Gasteiger partial charge in [0.15, 0.2) is 6.29 Å². The van der Waals surface area contributed by atoms with Gasteiger partial charge in [0.25, 0.3) is 5.91 Å². The molecule has 0 bridgehead atoms. The van der Waals surface area contributed by atoms with E-state index in [9.17, 15) is 9.59 Å². The summed E-state index contributed by atoms with van der Waals surface area (Å²) in [5, 5.41) is 1.38. The van der Waals surface area contributed by atoms with Crippen molar-refractivity contribution in [3.63, 3.8) is 0 Å². The number of rotatable bonds is 5. The zero-order chi connectivity index (χ0) is 12.7. The van der Waals surface area contributed by atoms with Gasteiger partial charge in [0.1, 0.15) is 0 Å². The molecule has 0 aliphatic carbocycles. The summed E-state index contributed by atoms with van der Waals surface area (Å²) in [5.74, 6) is -0.325. The highest BCUT2D eigenvalue weighted by Gasteiger charge is 2.14. The maximum atomic E-state index is 11.9. The second kappa shape index (κ2) is 6.60. The summed E-state index contributed by atoms with van der Waals surface area (Å²) >= 11 is 0. The Hall–Kier alpha value is -1.94. The van der Waals surface area contributed by atoms with Crippen LogP contribution in [0.3, 0.4) is 0 Å². The van der Waals surface area contributed by atoms with E-state index in [0.29, 0.717) is 12.8 Å². The lowest BCUT2D eigenvalue weighted by Crippen LogP contribution is -2.41. The molecule has 17 heavy (non-hydrogen) atoms. The molecule has 0 fully saturated rings. The third-order valence-electron chi connectivity index (χ3n) is 2.33. The van der Waals surface area contributed by atoms with Crippen LogP contribution < -0.4 is 5.43 Å². The minimum Gasteiger partial charge on any atom is -0.298 e. The Labute approximate surface area is 101 Å². The average molecular weight is 232 g/mol. The molecule has 0 spiro atoms. The summed E-state index contributed by atoms with van der Waals surface area (Å²) < 4.78 is 0. The van der Waals surface area contributed by atoms with Crippen LogP contribution in [-0.2, 0) is 9.59 Å². The molecular formula is C13H16N2O2. The molecule has 0 saturated heterocycles. The summed E-state index contributed by atoms with van der Waals surface area (Å²) in [6.45, 7) is 2.33. The van der Waals surface area contributed by atoms with Gasteiger partial charge < -0.3 is 0 Å². The largest absolute Gasteiger partial charge is 0.298 e. The lowest BCUT2D eigenvalue weighted by Gasteiger charge is -2.18. The van der Waals surface area contributed by atoms with Crippen molar-refractivity contribution in [3.8, 4) is 0 Å². The van der Waals surface area contributed by atoms with Crippen LogP contribution in [0.5, 0.6) is 0 Å². The van der Waals surface area contributed by atoms with Crippen molar-refractivity contribution in [2.75, 3.05) is 13.6 Å². The van der Waals surface area contributed by atoms with Gasteiger partial charge in [-0.25, -0.2) is 5.43 Å². The first kappa shape index (κ1) is 13.1. The number of hydrogen-bond donors (Lipinski definition) is 1. The Kier molecular flexibility index (Phi) is 5.10. The number of nitrogens with one attached hydrogen (secondary N) is 1. The van der Waals surface area contributed by atoms with Crippen LogP contribution >= 0.6 is 0 Å². The molecule has 4 nitrogen and oxygen atoms in total. The maximum absolute atomic E-state index is 11.9. The van der Waals surface area contributed by atoms with Crippen LogP contribution in [0.1, 0.15) is 12.5 Å². The second-order valence-corrected chi connectivity index (χ2v) is 3.40. The van der Waals surface area contributed by atoms with Crippen molar-refractivity contribution in [2.45, 2.75) is 6.92 Å². The maximum Gasteiger partial charge on any atom is 0.271 e. The van der Waals surface area contributed by atoms with Gasteiger partial charge in [0.2, 0.25) is 0 Å². The molecule has 0 aliphatic rings. The third-order valence-corrected chi connectivity index (χ3v) is 2.33. The minimum absolute atomic E-state index is 0.132. The number of likely N-dealkylation sites (N-methyl/N-ethyl adjacent to an activating group) is 1. The van der Waals surface area contributed by atoms with Crippen LogP contribution in [0, 0.1) is 0 Å². The van der Waals surface area contributed by atoms with Crippen molar-refractivity contribution in [3.05, 3.63) is 41.5 Å². The van der Waals surface area contributed by atoms with Crippen LogP contribution in [0.15, 0.2) is 35.9 Å². The van der Waals surface area contributed by atoms with E-state index < -0.39 is 0 Å². The van der Waals surface area contributed by atoms with Crippen LogP contribution in [-0.4, -0.2) is 30.8 Å². The Bertz CT molecular complexity index is 409. The molecule has 0 unspecified atom stereocenters. The Morgan fingerprint density at radius 1 is 1.35 bits per heavy atom. The fourth-order valence-electron chi connectivity index (χ4n) is 1.43. The summed E-state index contributed by atoms with van der Waals surface area (Å²) in [6, 6.07) is 9.27. The first-order valence-corrected chi connectivity index (χ1v) is 5.44. The van der Waals surface area contributed by atoms with Gasteiger partial charge >= 0.3 is 0 Å². The Balaban J connectivity index is 2.96. The van der Waals surface area contributed by atoms with Crippen molar-refractivity contribution >= 4 is 18.3 Å². The molecule has 0 aromatic heterocycles. The van der Waals surface area contributed by atoms with Gasteiger partial charge in [-0.3, -0.25) is 14.6 Å². The molecule has 1 aromatic carbocycles. The zero-order valence-corrected chi connectivity index (χ0v) is 10.0. The number of hydrazine groups is 1. The van der Waals surface area contributed by atoms with E-state index in [1.807, 2.05) is 37.3 Å². The fraction of sp³-hybridized carbons (Fsp3) is 0.231. The van der Waals surface area contributed by atoms with Crippen molar-refractivity contribution in [2.24, 2.45) is 0 Å². The van der Waals surface area contributed by atoms with E-state index in [-0.39, 0.29) is 11.5 Å². The molecule has 0 saturated carbocycles. The predicted octanol–water partition coefficient (Wildman–Crippen LogP) is 1.25. The SMILES string of the molecule is CCN(NC)C(=O)C(C=O)=Cc1ccccc1. The number of hydrogen-bond acceptors (Lipinski definition) is 3. The predicted molar refractivity (Wildman–Crippen MR) is 66.9 cm³/mol. The molecule has 1 aromatic rings. The van der Waals surface area contributed by atoms with Crippen molar-refractivity contribution in [1.82, 2.24) is 10.4 Å². The van der Waals surface area contributed by atoms with E-state index in [1.165, 1.54) is 5.01 Å². The third kappa shape index (κ3) is 3.53. The van der Waals surface area contributed by atoms with E-state index in [4.69, 9.17) is 0 Å². The van der Waals surface area contributed by atoms with Gasteiger partial charge in [-0.15, -0.1) is 0 Å². The van der Waals surface area contributed by atoms with Crippen LogP contribution in [0.2, 0.25) is 0 Å². The summed E-state index contributed by atoms with van der Waals surface area (Å²) in [5.41, 5.74) is 3.70. The van der Waals surface area contributed by atoms with E-state index >= 15 is 0 Å². The summed E-state index contributed by atoms with van der Waals surface area (Å²) in [4.78, 5) is 22.8. The first-order chi connectivity index (χ1) is 8.22. The molecule has 0 aliphatic heterocycles. The summed E-state index contributed by atoms with van der Waals surface area (Å²) in [6.07, 6.45) is 2.16. The number of benzene rings is 1. The second-order valence-electron chi connectivity index (χ2n) is 3.40. The van der Waals surface area contributed by atoms with Gasteiger partial charge in [-0.1, -0.05) is 30.3 Å².